The lowest BCUT2D eigenvalue weighted by molar-refractivity contribution is -0.205. The highest BCUT2D eigenvalue weighted by Crippen LogP contribution is 2.46. The van der Waals surface area contributed by atoms with Crippen molar-refractivity contribution in [1.82, 2.24) is 0 Å². The molecule has 0 bridgehead atoms. The van der Waals surface area contributed by atoms with Crippen LogP contribution in [0.3, 0.4) is 0 Å². The van der Waals surface area contributed by atoms with E-state index in [9.17, 15) is 14.7 Å². The van der Waals surface area contributed by atoms with Crippen LogP contribution in [0.1, 0.15) is 170 Å². The van der Waals surface area contributed by atoms with E-state index in [1.807, 2.05) is 0 Å². The maximum absolute atomic E-state index is 14.5. The minimum atomic E-state index is -2.45. The van der Waals surface area contributed by atoms with Crippen molar-refractivity contribution < 1.29 is 51.0 Å². The Morgan fingerprint density at radius 1 is 0.536 bits per heavy atom. The fourth-order valence-corrected chi connectivity index (χ4v) is 13.3. The van der Waals surface area contributed by atoms with E-state index in [4.69, 9.17) is 36.3 Å². The fraction of sp³-hybridized carbons (Fsp3) is 0.962. The molecule has 410 valence electrons. The number of carbonyl (C=O) groups excluding carboxylic acids is 1. The average molecular weight is 1070 g/mol. The highest BCUT2D eigenvalue weighted by Gasteiger charge is 2.56. The first-order valence-corrected chi connectivity index (χ1v) is 41.2. The monoisotopic (exact) mass is 1060 g/mol. The zero-order valence-corrected chi connectivity index (χ0v) is 55.3. The van der Waals surface area contributed by atoms with Gasteiger partial charge < -0.3 is 41.4 Å². The summed E-state index contributed by atoms with van der Waals surface area (Å²) in [4.78, 5) is 26.7. The predicted molar refractivity (Wildman–Crippen MR) is 300 cm³/mol. The molecular formula is C53H112O11Si5. The van der Waals surface area contributed by atoms with E-state index < -0.39 is 90.5 Å². The van der Waals surface area contributed by atoms with Crippen LogP contribution in [0.25, 0.3) is 0 Å². The van der Waals surface area contributed by atoms with Crippen LogP contribution in [-0.4, -0.2) is 114 Å². The number of esters is 1. The van der Waals surface area contributed by atoms with Gasteiger partial charge in [0.15, 0.2) is 47.9 Å². The van der Waals surface area contributed by atoms with Crippen LogP contribution in [0.15, 0.2) is 0 Å². The van der Waals surface area contributed by atoms with E-state index in [2.05, 4.69) is 197 Å². The first kappa shape index (κ1) is 66.8. The van der Waals surface area contributed by atoms with Gasteiger partial charge in [-0.05, 0) is 109 Å². The molecule has 1 aliphatic heterocycles. The lowest BCUT2D eigenvalue weighted by atomic mass is 9.94. The summed E-state index contributed by atoms with van der Waals surface area (Å²) >= 11 is 0. The Kier molecular flexibility index (Phi) is 23.8. The van der Waals surface area contributed by atoms with Gasteiger partial charge in [0, 0.05) is 6.42 Å². The van der Waals surface area contributed by atoms with Crippen molar-refractivity contribution in [3.63, 3.8) is 0 Å². The largest absolute Gasteiger partial charge is 0.481 e. The highest BCUT2D eigenvalue weighted by molar-refractivity contribution is 6.75. The average Bonchev–Trinajstić information content (AvgIpc) is 3.42. The molecule has 1 N–H and O–H groups in total. The number of ether oxygens (including phenoxy) is 3. The second kappa shape index (κ2) is 24.6. The number of hydrogen-bond acceptors (Lipinski definition) is 10. The molecule has 0 unspecified atom stereocenters. The van der Waals surface area contributed by atoms with Gasteiger partial charge in [0.05, 0.1) is 37.8 Å². The number of hydrogen-bond donors (Lipinski definition) is 1. The SMILES string of the molecule is CC[C@H](C)[C@H](C[C@@H](CC(=O)O)O[Si](C)(C)C(C)(C)C)OC(=O)C[C@H](C[C@H](O[C@@H]1O[C@@H](CO[Si](C)(C)C(C)(C)C)[C@H](O[Si](C)(C)C(C)(C)C)[C@H]1O[Si](C)(C)C(C)(C)C)[C@@H](C)CC)O[Si](C)(C)C(C)(C)C. The Labute approximate surface area is 430 Å². The molecule has 0 aromatic carbocycles. The predicted octanol–water partition coefficient (Wildman–Crippen LogP) is 15.3. The van der Waals surface area contributed by atoms with Crippen molar-refractivity contribution >= 4 is 53.5 Å². The van der Waals surface area contributed by atoms with Gasteiger partial charge >= 0.3 is 11.9 Å². The summed E-state index contributed by atoms with van der Waals surface area (Å²) < 4.78 is 56.8. The summed E-state index contributed by atoms with van der Waals surface area (Å²) in [5.74, 6) is -1.24. The quantitative estimate of drug-likeness (QED) is 0.0657. The molecule has 1 heterocycles. The van der Waals surface area contributed by atoms with E-state index in [0.29, 0.717) is 19.4 Å². The molecule has 1 fully saturated rings. The number of carboxylic acids is 1. The summed E-state index contributed by atoms with van der Waals surface area (Å²) in [6.07, 6.45) is -1.95. The zero-order valence-electron chi connectivity index (χ0n) is 50.3. The Hall–Kier alpha value is -0.256. The molecule has 11 nitrogen and oxygen atoms in total. The first-order valence-electron chi connectivity index (χ1n) is 26.6. The smallest absolute Gasteiger partial charge is 0.308 e. The van der Waals surface area contributed by atoms with Gasteiger partial charge in [-0.15, -0.1) is 0 Å². The van der Waals surface area contributed by atoms with Crippen molar-refractivity contribution in [3.8, 4) is 0 Å². The lowest BCUT2D eigenvalue weighted by Crippen LogP contribution is -2.55. The van der Waals surface area contributed by atoms with E-state index in [0.717, 1.165) is 12.8 Å². The zero-order chi connectivity index (χ0) is 54.5. The van der Waals surface area contributed by atoms with E-state index >= 15 is 0 Å². The van der Waals surface area contributed by atoms with Crippen molar-refractivity contribution in [2.24, 2.45) is 11.8 Å². The van der Waals surface area contributed by atoms with Crippen molar-refractivity contribution in [3.05, 3.63) is 0 Å². The molecule has 69 heavy (non-hydrogen) atoms. The molecule has 10 atom stereocenters. The van der Waals surface area contributed by atoms with Crippen LogP contribution < -0.4 is 0 Å². The maximum atomic E-state index is 14.5. The van der Waals surface area contributed by atoms with Crippen molar-refractivity contribution in [1.29, 1.82) is 0 Å². The highest BCUT2D eigenvalue weighted by atomic mass is 28.4. The summed E-state index contributed by atoms with van der Waals surface area (Å²) in [6.45, 7) is 64.7. The second-order valence-corrected chi connectivity index (χ2v) is 52.4. The van der Waals surface area contributed by atoms with E-state index in [1.54, 1.807) is 0 Å². The molecule has 0 aromatic heterocycles. The molecule has 0 amide bonds. The van der Waals surface area contributed by atoms with Crippen LogP contribution >= 0.6 is 0 Å². The minimum absolute atomic E-state index is 0.00354. The lowest BCUT2D eigenvalue weighted by Gasteiger charge is -2.44. The molecule has 16 heteroatoms. The van der Waals surface area contributed by atoms with Crippen molar-refractivity contribution in [2.75, 3.05) is 6.61 Å². The van der Waals surface area contributed by atoms with Crippen molar-refractivity contribution in [2.45, 2.75) is 310 Å². The molecule has 1 rings (SSSR count). The minimum Gasteiger partial charge on any atom is -0.481 e. The van der Waals surface area contributed by atoms with Gasteiger partial charge in [0.1, 0.15) is 24.4 Å². The standard InChI is InChI=1S/C53H112O11Si5/c1-30-37(3)41(32-39(34-44(54)55)61-66(22,23)50(8,9)10)58-45(56)35-40(62-67(24,25)51(11,12)13)33-42(38(4)31-2)59-48-47(64-69(28,29)53(17,18)19)46(63-68(26,27)52(14,15)16)43(60-48)36-57-65(20,21)49(5,6)7/h37-43,46-48H,30-36H2,1-29H3,(H,54,55)/t37-,38-,39-,40-,41-,42-,43-,46-,47+,48+/m0/s1. The molecular weight excluding hydrogens is 953 g/mol. The fourth-order valence-electron chi connectivity index (χ4n) is 6.91. The summed E-state index contributed by atoms with van der Waals surface area (Å²) in [5, 5.41) is 9.60. The summed E-state index contributed by atoms with van der Waals surface area (Å²) in [5.41, 5.74) is 0. The van der Waals surface area contributed by atoms with Gasteiger partial charge in [-0.1, -0.05) is 144 Å². The third kappa shape index (κ3) is 19.4. The molecule has 0 aliphatic carbocycles. The Morgan fingerprint density at radius 3 is 1.28 bits per heavy atom. The Morgan fingerprint density at radius 2 is 0.899 bits per heavy atom. The number of carboxylic acid groups (broad SMARTS) is 1. The normalized spacial score (nSPS) is 22.5. The van der Waals surface area contributed by atoms with Gasteiger partial charge in [-0.2, -0.15) is 0 Å². The number of carbonyl (C=O) groups is 2. The Balaban J connectivity index is 3.95. The van der Waals surface area contributed by atoms with Crippen LogP contribution in [0.2, 0.25) is 90.7 Å². The third-order valence-corrected chi connectivity index (χ3v) is 40.1. The molecule has 1 aliphatic rings. The number of rotatable bonds is 26. The van der Waals surface area contributed by atoms with Crippen LogP contribution in [0.4, 0.5) is 0 Å². The van der Waals surface area contributed by atoms with Gasteiger partial charge in [-0.3, -0.25) is 9.59 Å². The van der Waals surface area contributed by atoms with E-state index in [-0.39, 0.29) is 61.9 Å². The molecule has 0 saturated carbocycles. The summed E-state index contributed by atoms with van der Waals surface area (Å²) in [7, 11) is -11.8. The van der Waals surface area contributed by atoms with Gasteiger partial charge in [0.25, 0.3) is 0 Å². The summed E-state index contributed by atoms with van der Waals surface area (Å²) in [6, 6.07) is 0. The molecule has 0 spiro atoms. The topological polar surface area (TPSA) is 128 Å². The molecule has 0 aromatic rings. The van der Waals surface area contributed by atoms with Crippen LogP contribution in [-0.2, 0) is 45.9 Å². The molecule has 0 radical (unpaired) electrons. The van der Waals surface area contributed by atoms with Gasteiger partial charge in [-0.25, -0.2) is 0 Å². The second-order valence-electron chi connectivity index (χ2n) is 28.5. The van der Waals surface area contributed by atoms with Crippen LogP contribution in [0, 0.1) is 11.8 Å². The Bertz CT molecular complexity index is 1600. The van der Waals surface area contributed by atoms with E-state index in [1.165, 1.54) is 0 Å². The number of aliphatic carboxylic acids is 1. The van der Waals surface area contributed by atoms with Crippen LogP contribution in [0.5, 0.6) is 0 Å². The third-order valence-electron chi connectivity index (χ3n) is 17.6. The first-order chi connectivity index (χ1) is 30.6. The molecule has 1 saturated heterocycles. The maximum Gasteiger partial charge on any atom is 0.308 e. The van der Waals surface area contributed by atoms with Gasteiger partial charge in [0.2, 0.25) is 0 Å².